The van der Waals surface area contributed by atoms with Gasteiger partial charge in [0.25, 0.3) is 5.91 Å². The molecule has 4 heteroatoms. The minimum atomic E-state index is -0.850. The number of hydrogen-bond donors (Lipinski definition) is 1. The Labute approximate surface area is 129 Å². The summed E-state index contributed by atoms with van der Waals surface area (Å²) in [6.45, 7) is 4.13. The first-order chi connectivity index (χ1) is 10.5. The van der Waals surface area contributed by atoms with Crippen LogP contribution in [0.5, 0.6) is 0 Å². The van der Waals surface area contributed by atoms with E-state index < -0.39 is 11.9 Å². The van der Waals surface area contributed by atoms with E-state index in [9.17, 15) is 9.59 Å². The Morgan fingerprint density at radius 1 is 1.23 bits per heavy atom. The Morgan fingerprint density at radius 2 is 1.95 bits per heavy atom. The number of amides is 1. The fraction of sp³-hybridized carbons (Fsp3) is 0.222. The number of aryl methyl sites for hydroxylation is 1. The molecule has 2 aromatic rings. The van der Waals surface area contributed by atoms with Crippen LogP contribution in [0, 0.1) is 6.92 Å². The van der Waals surface area contributed by atoms with Crippen molar-refractivity contribution in [2.24, 2.45) is 0 Å². The molecular weight excluding hydrogens is 278 g/mol. The molecule has 1 aliphatic heterocycles. The normalized spacial score (nSPS) is 14.8. The summed E-state index contributed by atoms with van der Waals surface area (Å²) >= 11 is 0. The molecule has 1 heterocycles. The highest BCUT2D eigenvalue weighted by molar-refractivity contribution is 6.10. The zero-order valence-electron chi connectivity index (χ0n) is 12.5. The Bertz CT molecular complexity index is 767. The van der Waals surface area contributed by atoms with Crippen LogP contribution in [0.1, 0.15) is 39.9 Å². The summed E-state index contributed by atoms with van der Waals surface area (Å²) in [5.41, 5.74) is 4.26. The van der Waals surface area contributed by atoms with Crippen molar-refractivity contribution in [3.05, 3.63) is 64.7 Å². The van der Waals surface area contributed by atoms with Gasteiger partial charge in [-0.05, 0) is 42.7 Å². The van der Waals surface area contributed by atoms with Gasteiger partial charge in [-0.15, -0.1) is 0 Å². The Balaban J connectivity index is 1.94. The molecule has 1 atom stereocenters. The molecule has 1 unspecified atom stereocenters. The third-order valence-corrected chi connectivity index (χ3v) is 4.20. The molecule has 0 bridgehead atoms. The van der Waals surface area contributed by atoms with Gasteiger partial charge in [-0.3, -0.25) is 9.59 Å². The van der Waals surface area contributed by atoms with Crippen LogP contribution in [0.4, 0.5) is 5.69 Å². The van der Waals surface area contributed by atoms with E-state index in [0.717, 1.165) is 27.9 Å². The van der Waals surface area contributed by atoms with Crippen molar-refractivity contribution in [3.8, 4) is 0 Å². The zero-order valence-corrected chi connectivity index (χ0v) is 12.5. The Hall–Kier alpha value is -2.62. The molecule has 112 valence electrons. The molecule has 4 nitrogen and oxygen atoms in total. The number of carbonyl (C=O) groups is 2. The lowest BCUT2D eigenvalue weighted by molar-refractivity contribution is -0.138. The van der Waals surface area contributed by atoms with Crippen molar-refractivity contribution >= 4 is 17.6 Å². The second-order valence-electron chi connectivity index (χ2n) is 5.65. The highest BCUT2D eigenvalue weighted by atomic mass is 16.4. The summed E-state index contributed by atoms with van der Waals surface area (Å²) in [5, 5.41) is 9.10. The molecular formula is C18H17NO3. The molecule has 0 fully saturated rings. The number of carboxylic acid groups (broad SMARTS) is 1. The lowest BCUT2D eigenvalue weighted by atomic mass is 9.98. The highest BCUT2D eigenvalue weighted by Gasteiger charge is 2.29. The van der Waals surface area contributed by atoms with E-state index in [0.29, 0.717) is 6.54 Å². The fourth-order valence-corrected chi connectivity index (χ4v) is 2.84. The van der Waals surface area contributed by atoms with Gasteiger partial charge >= 0.3 is 5.97 Å². The van der Waals surface area contributed by atoms with Crippen molar-refractivity contribution in [3.63, 3.8) is 0 Å². The number of aliphatic carboxylic acids is 1. The van der Waals surface area contributed by atoms with Gasteiger partial charge in [-0.1, -0.05) is 30.3 Å². The number of carbonyl (C=O) groups excluding carboxylic acids is 1. The molecule has 2 aromatic carbocycles. The largest absolute Gasteiger partial charge is 0.481 e. The third-order valence-electron chi connectivity index (χ3n) is 4.20. The van der Waals surface area contributed by atoms with E-state index in [-0.39, 0.29) is 5.91 Å². The Kier molecular flexibility index (Phi) is 3.45. The topological polar surface area (TPSA) is 57.6 Å². The number of nitrogens with zero attached hydrogens (tertiary/aromatic N) is 1. The summed E-state index contributed by atoms with van der Waals surface area (Å²) < 4.78 is 0. The standard InChI is InChI=1S/C18H17NO3/c1-11-9-13(12(2)18(21)22)7-8-16(11)19-10-14-5-3-4-6-15(14)17(19)20/h3-9,12H,10H2,1-2H3,(H,21,22). The maximum atomic E-state index is 12.5. The van der Waals surface area contributed by atoms with E-state index in [2.05, 4.69) is 0 Å². The van der Waals surface area contributed by atoms with Crippen LogP contribution in [0.15, 0.2) is 42.5 Å². The summed E-state index contributed by atoms with van der Waals surface area (Å²) in [5.74, 6) is -1.41. The predicted octanol–water partition coefficient (Wildman–Crippen LogP) is 3.34. The SMILES string of the molecule is Cc1cc(C(C)C(=O)O)ccc1N1Cc2ccccc2C1=O. The highest BCUT2D eigenvalue weighted by Crippen LogP contribution is 2.32. The van der Waals surface area contributed by atoms with Crippen LogP contribution in [0.3, 0.4) is 0 Å². The molecule has 22 heavy (non-hydrogen) atoms. The van der Waals surface area contributed by atoms with Gasteiger partial charge in [0, 0.05) is 11.3 Å². The number of fused-ring (bicyclic) bond motifs is 1. The first kappa shape index (κ1) is 14.3. The molecule has 0 aliphatic carbocycles. The number of carboxylic acids is 1. The van der Waals surface area contributed by atoms with Crippen molar-refractivity contribution in [1.82, 2.24) is 0 Å². The quantitative estimate of drug-likeness (QED) is 0.944. The minimum absolute atomic E-state index is 0.00210. The van der Waals surface area contributed by atoms with Gasteiger partial charge in [0.2, 0.25) is 0 Å². The van der Waals surface area contributed by atoms with Crippen molar-refractivity contribution in [1.29, 1.82) is 0 Å². The first-order valence-electron chi connectivity index (χ1n) is 7.22. The summed E-state index contributed by atoms with van der Waals surface area (Å²) in [6, 6.07) is 13.1. The maximum Gasteiger partial charge on any atom is 0.310 e. The molecule has 0 saturated heterocycles. The van der Waals surface area contributed by atoms with Gasteiger partial charge in [0.1, 0.15) is 0 Å². The lowest BCUT2D eigenvalue weighted by Crippen LogP contribution is -2.24. The monoisotopic (exact) mass is 295 g/mol. The molecule has 0 saturated carbocycles. The van der Waals surface area contributed by atoms with Crippen molar-refractivity contribution < 1.29 is 14.7 Å². The van der Waals surface area contributed by atoms with Gasteiger partial charge in [-0.2, -0.15) is 0 Å². The van der Waals surface area contributed by atoms with E-state index in [1.807, 2.05) is 43.3 Å². The maximum absolute atomic E-state index is 12.5. The summed E-state index contributed by atoms with van der Waals surface area (Å²) in [7, 11) is 0. The average molecular weight is 295 g/mol. The molecule has 0 spiro atoms. The van der Waals surface area contributed by atoms with Crippen molar-refractivity contribution in [2.45, 2.75) is 26.3 Å². The number of rotatable bonds is 3. The first-order valence-corrected chi connectivity index (χ1v) is 7.22. The zero-order chi connectivity index (χ0) is 15.9. The van der Waals surface area contributed by atoms with Crippen LogP contribution in [0.25, 0.3) is 0 Å². The van der Waals surface area contributed by atoms with E-state index >= 15 is 0 Å². The van der Waals surface area contributed by atoms with Gasteiger partial charge in [0.15, 0.2) is 0 Å². The Morgan fingerprint density at radius 3 is 2.59 bits per heavy atom. The average Bonchev–Trinajstić information content (AvgIpc) is 2.84. The smallest absolute Gasteiger partial charge is 0.310 e. The molecule has 1 N–H and O–H groups in total. The van der Waals surface area contributed by atoms with Crippen LogP contribution in [-0.4, -0.2) is 17.0 Å². The number of benzene rings is 2. The van der Waals surface area contributed by atoms with Gasteiger partial charge in [0.05, 0.1) is 12.5 Å². The predicted molar refractivity (Wildman–Crippen MR) is 84.2 cm³/mol. The molecule has 0 radical (unpaired) electrons. The van der Waals surface area contributed by atoms with Crippen LogP contribution >= 0.6 is 0 Å². The van der Waals surface area contributed by atoms with Crippen LogP contribution in [-0.2, 0) is 11.3 Å². The van der Waals surface area contributed by atoms with Gasteiger partial charge in [-0.25, -0.2) is 0 Å². The molecule has 1 aliphatic rings. The van der Waals surface area contributed by atoms with Gasteiger partial charge < -0.3 is 10.0 Å². The number of hydrogen-bond acceptors (Lipinski definition) is 2. The van der Waals surface area contributed by atoms with Crippen molar-refractivity contribution in [2.75, 3.05) is 4.90 Å². The molecule has 1 amide bonds. The third kappa shape index (κ3) is 2.26. The molecule has 0 aromatic heterocycles. The van der Waals surface area contributed by atoms with E-state index in [1.165, 1.54) is 0 Å². The molecule has 3 rings (SSSR count). The van der Waals surface area contributed by atoms with Crippen LogP contribution in [0.2, 0.25) is 0 Å². The van der Waals surface area contributed by atoms with E-state index in [4.69, 9.17) is 5.11 Å². The lowest BCUT2D eigenvalue weighted by Gasteiger charge is -2.20. The summed E-state index contributed by atoms with van der Waals surface area (Å²) in [4.78, 5) is 25.3. The summed E-state index contributed by atoms with van der Waals surface area (Å²) in [6.07, 6.45) is 0. The second-order valence-corrected chi connectivity index (χ2v) is 5.65. The minimum Gasteiger partial charge on any atom is -0.481 e. The van der Waals surface area contributed by atoms with Crippen LogP contribution < -0.4 is 4.90 Å². The number of anilines is 1. The fourth-order valence-electron chi connectivity index (χ4n) is 2.84. The van der Waals surface area contributed by atoms with E-state index in [1.54, 1.807) is 17.9 Å². The second kappa shape index (κ2) is 5.30.